The predicted molar refractivity (Wildman–Crippen MR) is 112 cm³/mol. The zero-order chi connectivity index (χ0) is 20.4. The number of fused-ring (bicyclic) bond motifs is 1. The highest BCUT2D eigenvalue weighted by atomic mass is 35.5. The molecule has 3 aromatic rings. The van der Waals surface area contributed by atoms with Gasteiger partial charge in [0.25, 0.3) is 0 Å². The van der Waals surface area contributed by atoms with Crippen LogP contribution in [-0.4, -0.2) is 43.2 Å². The van der Waals surface area contributed by atoms with Gasteiger partial charge in [-0.15, -0.1) is 0 Å². The highest BCUT2D eigenvalue weighted by molar-refractivity contribution is 7.89. The van der Waals surface area contributed by atoms with Crippen LogP contribution in [0.25, 0.3) is 10.9 Å². The molecule has 0 atom stereocenters. The molecule has 0 unspecified atom stereocenters. The number of pyridine rings is 1. The number of aromatic nitrogens is 1. The number of hydrogen-bond acceptors (Lipinski definition) is 5. The quantitative estimate of drug-likeness (QED) is 0.607. The second-order valence-electron chi connectivity index (χ2n) is 6.70. The zero-order valence-electron chi connectivity index (χ0n) is 15.4. The number of benzene rings is 2. The monoisotopic (exact) mass is 430 g/mol. The van der Waals surface area contributed by atoms with Crippen LogP contribution in [0.3, 0.4) is 0 Å². The fraction of sp³-hybridized carbons (Fsp3) is 0.200. The minimum absolute atomic E-state index is 0.139. The third-order valence-corrected chi connectivity index (χ3v) is 6.88. The number of nitrogens with zero attached hydrogens (tertiary/aromatic N) is 2. The average molecular weight is 431 g/mol. The average Bonchev–Trinajstić information content (AvgIpc) is 2.72. The minimum atomic E-state index is -3.74. The van der Waals surface area contributed by atoms with E-state index in [2.05, 4.69) is 15.6 Å². The first kappa shape index (κ1) is 19.6. The van der Waals surface area contributed by atoms with E-state index in [0.717, 1.165) is 16.5 Å². The molecule has 2 aromatic carbocycles. The van der Waals surface area contributed by atoms with Crippen LogP contribution < -0.4 is 10.6 Å². The summed E-state index contributed by atoms with van der Waals surface area (Å²) in [5.41, 5.74) is 2.27. The normalized spacial score (nSPS) is 15.3. The lowest BCUT2D eigenvalue weighted by molar-refractivity contribution is -0.122. The summed E-state index contributed by atoms with van der Waals surface area (Å²) in [6.45, 7) is 0.790. The van der Waals surface area contributed by atoms with Crippen LogP contribution in [0.1, 0.15) is 5.56 Å². The molecule has 29 heavy (non-hydrogen) atoms. The topological polar surface area (TPSA) is 91.4 Å². The van der Waals surface area contributed by atoms with Crippen LogP contribution in [-0.2, 0) is 21.4 Å². The van der Waals surface area contributed by atoms with E-state index in [1.807, 2.05) is 30.3 Å². The van der Waals surface area contributed by atoms with Gasteiger partial charge in [0.1, 0.15) is 5.15 Å². The molecule has 2 N–H and O–H groups in total. The largest absolute Gasteiger partial charge is 0.381 e. The number of rotatable bonds is 5. The van der Waals surface area contributed by atoms with Gasteiger partial charge in [-0.1, -0.05) is 35.9 Å². The molecule has 4 rings (SSSR count). The molecule has 0 saturated carbocycles. The van der Waals surface area contributed by atoms with Crippen LogP contribution in [0.4, 0.5) is 5.69 Å². The van der Waals surface area contributed by atoms with E-state index in [0.29, 0.717) is 23.9 Å². The molecule has 1 aromatic heterocycles. The number of amides is 1. The van der Waals surface area contributed by atoms with E-state index in [4.69, 9.17) is 11.6 Å². The Bertz CT molecular complexity index is 1180. The van der Waals surface area contributed by atoms with E-state index < -0.39 is 10.0 Å². The molecular weight excluding hydrogens is 412 g/mol. The fourth-order valence-corrected chi connectivity index (χ4v) is 4.85. The molecule has 1 amide bonds. The first-order valence-corrected chi connectivity index (χ1v) is 10.9. The van der Waals surface area contributed by atoms with Gasteiger partial charge in [0.05, 0.1) is 17.0 Å². The van der Waals surface area contributed by atoms with E-state index in [-0.39, 0.29) is 23.9 Å². The second kappa shape index (κ2) is 7.98. The van der Waals surface area contributed by atoms with Crippen molar-refractivity contribution in [3.8, 4) is 0 Å². The van der Waals surface area contributed by atoms with E-state index >= 15 is 0 Å². The van der Waals surface area contributed by atoms with E-state index in [9.17, 15) is 13.2 Å². The number of anilines is 1. The molecule has 0 spiro atoms. The van der Waals surface area contributed by atoms with Gasteiger partial charge < -0.3 is 10.6 Å². The number of sulfonamides is 1. The van der Waals surface area contributed by atoms with Crippen molar-refractivity contribution < 1.29 is 13.2 Å². The summed E-state index contributed by atoms with van der Waals surface area (Å²) in [7, 11) is -3.74. The highest BCUT2D eigenvalue weighted by Gasteiger charge is 2.29. The maximum Gasteiger partial charge on any atom is 0.243 e. The molecule has 0 radical (unpaired) electrons. The molecular formula is C20H19ClN4O3S. The Morgan fingerprint density at radius 3 is 2.79 bits per heavy atom. The summed E-state index contributed by atoms with van der Waals surface area (Å²) < 4.78 is 26.9. The lowest BCUT2D eigenvalue weighted by Gasteiger charge is -2.26. The van der Waals surface area contributed by atoms with Crippen molar-refractivity contribution in [1.82, 2.24) is 14.6 Å². The number of para-hydroxylation sites is 1. The molecule has 1 aliphatic rings. The SMILES string of the molecule is O=C1CN(S(=O)(=O)c2cccc(NCc3cc4ccccc4nc3Cl)c2)CCN1. The first-order chi connectivity index (χ1) is 13.9. The molecule has 1 saturated heterocycles. The van der Waals surface area contributed by atoms with Gasteiger partial charge in [0.15, 0.2) is 0 Å². The Hall–Kier alpha value is -2.68. The van der Waals surface area contributed by atoms with Crippen molar-refractivity contribution in [3.63, 3.8) is 0 Å². The number of carbonyl (C=O) groups is 1. The Morgan fingerprint density at radius 2 is 1.97 bits per heavy atom. The molecule has 0 bridgehead atoms. The minimum Gasteiger partial charge on any atom is -0.381 e. The van der Waals surface area contributed by atoms with E-state index in [1.54, 1.807) is 18.2 Å². The van der Waals surface area contributed by atoms with E-state index in [1.165, 1.54) is 10.4 Å². The van der Waals surface area contributed by atoms with Gasteiger partial charge in [-0.2, -0.15) is 4.31 Å². The standard InChI is InChI=1S/C20H19ClN4O3S/c21-20-15(10-14-4-1-2-7-18(14)24-20)12-23-16-5-3-6-17(11-16)29(27,28)25-9-8-22-19(26)13-25/h1-7,10-11,23H,8-9,12-13H2,(H,22,26). The number of carbonyl (C=O) groups excluding carboxylic acids is 1. The zero-order valence-corrected chi connectivity index (χ0v) is 17.0. The van der Waals surface area contributed by atoms with Crippen molar-refractivity contribution in [2.24, 2.45) is 0 Å². The number of hydrogen-bond donors (Lipinski definition) is 2. The van der Waals surface area contributed by atoms with Gasteiger partial charge in [-0.05, 0) is 30.3 Å². The third-order valence-electron chi connectivity index (χ3n) is 4.71. The summed E-state index contributed by atoms with van der Waals surface area (Å²) in [6.07, 6.45) is 0. The predicted octanol–water partition coefficient (Wildman–Crippen LogP) is 2.62. The third kappa shape index (κ3) is 4.19. The fourth-order valence-electron chi connectivity index (χ4n) is 3.19. The lowest BCUT2D eigenvalue weighted by Crippen LogP contribution is -2.49. The molecule has 0 aliphatic carbocycles. The molecule has 9 heteroatoms. The Morgan fingerprint density at radius 1 is 1.14 bits per heavy atom. The van der Waals surface area contributed by atoms with Gasteiger partial charge in [0, 0.05) is 36.3 Å². The van der Waals surface area contributed by atoms with Gasteiger partial charge in [-0.25, -0.2) is 13.4 Å². The molecule has 1 fully saturated rings. The van der Waals surface area contributed by atoms with Crippen LogP contribution in [0.2, 0.25) is 5.15 Å². The van der Waals surface area contributed by atoms with Crippen molar-refractivity contribution in [2.45, 2.75) is 11.4 Å². The van der Waals surface area contributed by atoms with Gasteiger partial charge in [0.2, 0.25) is 15.9 Å². The lowest BCUT2D eigenvalue weighted by atomic mass is 10.1. The van der Waals surface area contributed by atoms with Crippen LogP contribution in [0.5, 0.6) is 0 Å². The van der Waals surface area contributed by atoms with Crippen LogP contribution >= 0.6 is 11.6 Å². The summed E-state index contributed by atoms with van der Waals surface area (Å²) in [5, 5.41) is 7.21. The smallest absolute Gasteiger partial charge is 0.243 e. The maximum atomic E-state index is 12.8. The summed E-state index contributed by atoms with van der Waals surface area (Å²) in [5.74, 6) is -0.299. The van der Waals surface area contributed by atoms with Gasteiger partial charge >= 0.3 is 0 Å². The Labute approximate surface area is 173 Å². The summed E-state index contributed by atoms with van der Waals surface area (Å²) in [6, 6.07) is 16.2. The Kier molecular flexibility index (Phi) is 5.40. The molecule has 1 aliphatic heterocycles. The maximum absolute atomic E-state index is 12.8. The van der Waals surface area contributed by atoms with Gasteiger partial charge in [-0.3, -0.25) is 4.79 Å². The second-order valence-corrected chi connectivity index (χ2v) is 9.00. The summed E-state index contributed by atoms with van der Waals surface area (Å²) in [4.78, 5) is 16.1. The number of piperazine rings is 1. The van der Waals surface area contributed by atoms with Crippen molar-refractivity contribution in [2.75, 3.05) is 25.0 Å². The van der Waals surface area contributed by atoms with Crippen LogP contribution in [0.15, 0.2) is 59.5 Å². The molecule has 7 nitrogen and oxygen atoms in total. The number of nitrogens with one attached hydrogen (secondary N) is 2. The highest BCUT2D eigenvalue weighted by Crippen LogP contribution is 2.23. The molecule has 2 heterocycles. The van der Waals surface area contributed by atoms with Crippen molar-refractivity contribution in [3.05, 3.63) is 65.3 Å². The molecule has 150 valence electrons. The van der Waals surface area contributed by atoms with Crippen LogP contribution in [0, 0.1) is 0 Å². The van der Waals surface area contributed by atoms with Crippen molar-refractivity contribution >= 4 is 44.1 Å². The summed E-state index contributed by atoms with van der Waals surface area (Å²) >= 11 is 6.30. The van der Waals surface area contributed by atoms with Crippen molar-refractivity contribution in [1.29, 1.82) is 0 Å². The Balaban J connectivity index is 1.54. The first-order valence-electron chi connectivity index (χ1n) is 9.08. The number of halogens is 1.